The van der Waals surface area contributed by atoms with Crippen molar-refractivity contribution >= 4 is 18.2 Å². The van der Waals surface area contributed by atoms with Crippen molar-refractivity contribution in [1.29, 1.82) is 5.26 Å². The molecule has 1 aliphatic heterocycles. The Morgan fingerprint density at radius 3 is 2.70 bits per heavy atom. The largest absolute Gasteiger partial charge is 0.497 e. The molecule has 0 amide bonds. The molecule has 0 bridgehead atoms. The molecule has 0 unspecified atom stereocenters. The lowest BCUT2D eigenvalue weighted by Gasteiger charge is -2.12. The zero-order valence-corrected chi connectivity index (χ0v) is 17.6. The minimum absolute atomic E-state index is 0. The number of nitrogens with zero attached hydrogens (tertiary/aromatic N) is 4. The van der Waals surface area contributed by atoms with Gasteiger partial charge in [-0.05, 0) is 37.2 Å². The summed E-state index contributed by atoms with van der Waals surface area (Å²) in [5.41, 5.74) is 10.3. The number of nitriles is 1. The Bertz CT molecular complexity index is 1080. The number of benzene rings is 1. The number of methoxy groups -OCH3 is 2. The van der Waals surface area contributed by atoms with E-state index in [1.807, 2.05) is 28.9 Å². The van der Waals surface area contributed by atoms with Crippen LogP contribution in [0.3, 0.4) is 0 Å². The summed E-state index contributed by atoms with van der Waals surface area (Å²) in [6, 6.07) is 11.5. The van der Waals surface area contributed by atoms with Gasteiger partial charge in [0.25, 0.3) is 0 Å². The highest BCUT2D eigenvalue weighted by Gasteiger charge is 2.20. The fourth-order valence-electron chi connectivity index (χ4n) is 3.53. The van der Waals surface area contributed by atoms with Crippen LogP contribution in [0, 0.1) is 11.3 Å². The van der Waals surface area contributed by atoms with Crippen LogP contribution in [0.2, 0.25) is 0 Å². The number of aromatic nitrogens is 3. The van der Waals surface area contributed by atoms with Crippen molar-refractivity contribution in [3.05, 3.63) is 41.6 Å². The van der Waals surface area contributed by atoms with E-state index in [0.717, 1.165) is 37.3 Å². The molecule has 3 heterocycles. The number of fused-ring (bicyclic) bond motifs is 1. The number of hydrogen-bond acceptors (Lipinski definition) is 7. The van der Waals surface area contributed by atoms with Gasteiger partial charge in [0.15, 0.2) is 0 Å². The summed E-state index contributed by atoms with van der Waals surface area (Å²) < 4.78 is 12.8. The van der Waals surface area contributed by atoms with E-state index in [0.29, 0.717) is 34.0 Å². The molecule has 8 nitrogen and oxygen atoms in total. The predicted octanol–water partition coefficient (Wildman–Crippen LogP) is 3.00. The molecule has 4 rings (SSSR count). The maximum Gasteiger partial charge on any atom is 0.142 e. The van der Waals surface area contributed by atoms with Crippen molar-refractivity contribution in [2.24, 2.45) is 0 Å². The molecular formula is C21H23ClN6O2. The Labute approximate surface area is 181 Å². The van der Waals surface area contributed by atoms with Crippen molar-refractivity contribution in [2.75, 3.05) is 26.5 Å². The van der Waals surface area contributed by atoms with Gasteiger partial charge >= 0.3 is 0 Å². The number of ether oxygens (including phenoxy) is 2. The van der Waals surface area contributed by atoms with E-state index in [4.69, 9.17) is 20.3 Å². The van der Waals surface area contributed by atoms with E-state index in [9.17, 15) is 5.26 Å². The van der Waals surface area contributed by atoms with Crippen LogP contribution in [0.5, 0.6) is 11.5 Å². The summed E-state index contributed by atoms with van der Waals surface area (Å²) in [5, 5.41) is 17.8. The number of pyridine rings is 1. The average Bonchev–Trinajstić information content (AvgIpc) is 3.02. The molecule has 3 aromatic rings. The molecule has 1 aliphatic rings. The predicted molar refractivity (Wildman–Crippen MR) is 117 cm³/mol. The molecule has 30 heavy (non-hydrogen) atoms. The van der Waals surface area contributed by atoms with Crippen LogP contribution < -0.4 is 20.5 Å². The first-order valence-electron chi connectivity index (χ1n) is 9.35. The van der Waals surface area contributed by atoms with Crippen LogP contribution in [0.1, 0.15) is 17.7 Å². The normalized spacial score (nSPS) is 12.8. The molecule has 1 aromatic carbocycles. The number of nitrogens with two attached hydrogens (primary N) is 1. The van der Waals surface area contributed by atoms with Crippen molar-refractivity contribution < 1.29 is 9.47 Å². The minimum atomic E-state index is 0. The van der Waals surface area contributed by atoms with Gasteiger partial charge in [-0.1, -0.05) is 0 Å². The minimum Gasteiger partial charge on any atom is -0.497 e. The second-order valence-electron chi connectivity index (χ2n) is 6.77. The van der Waals surface area contributed by atoms with Crippen molar-refractivity contribution in [2.45, 2.75) is 19.5 Å². The van der Waals surface area contributed by atoms with Crippen molar-refractivity contribution in [3.8, 4) is 40.1 Å². The summed E-state index contributed by atoms with van der Waals surface area (Å²) in [7, 11) is 3.19. The van der Waals surface area contributed by atoms with Crippen LogP contribution in [0.15, 0.2) is 30.3 Å². The van der Waals surface area contributed by atoms with Gasteiger partial charge in [-0.15, -0.1) is 12.4 Å². The van der Waals surface area contributed by atoms with Gasteiger partial charge in [-0.3, -0.25) is 4.68 Å². The third-order valence-corrected chi connectivity index (χ3v) is 5.01. The summed E-state index contributed by atoms with van der Waals surface area (Å²) in [4.78, 5) is 4.45. The first-order chi connectivity index (χ1) is 14.1. The second-order valence-corrected chi connectivity index (χ2v) is 6.77. The molecule has 156 valence electrons. The summed E-state index contributed by atoms with van der Waals surface area (Å²) >= 11 is 0. The Kier molecular flexibility index (Phi) is 6.45. The first-order valence-corrected chi connectivity index (χ1v) is 9.35. The molecule has 0 atom stereocenters. The third-order valence-electron chi connectivity index (χ3n) is 5.01. The fraction of sp³-hybridized carbons (Fsp3) is 0.286. The Morgan fingerprint density at radius 2 is 1.97 bits per heavy atom. The zero-order chi connectivity index (χ0) is 20.4. The van der Waals surface area contributed by atoms with Gasteiger partial charge in [-0.2, -0.15) is 10.4 Å². The molecule has 0 saturated carbocycles. The first kappa shape index (κ1) is 21.4. The van der Waals surface area contributed by atoms with Crippen LogP contribution in [0.25, 0.3) is 22.5 Å². The maximum absolute atomic E-state index is 9.68. The van der Waals surface area contributed by atoms with Gasteiger partial charge in [-0.25, -0.2) is 4.98 Å². The molecular weight excluding hydrogens is 404 g/mol. The third kappa shape index (κ3) is 3.90. The Morgan fingerprint density at radius 1 is 1.13 bits per heavy atom. The summed E-state index contributed by atoms with van der Waals surface area (Å²) in [6.07, 6.45) is 1.01. The standard InChI is InChI=1S/C21H22N6O2.ClH/c1-28-14-4-5-15(20(9-14)29-2)18-10-16(17(11-22)21(23)25-18)19-8-13-12-24-6-3-7-27(13)26-19;/h4-5,8-10,24H,3,6-7,12H2,1-2H3,(H2,23,25);1H. The maximum atomic E-state index is 9.68. The monoisotopic (exact) mass is 426 g/mol. The highest BCUT2D eigenvalue weighted by atomic mass is 35.5. The number of aryl methyl sites for hydroxylation is 1. The number of anilines is 1. The Balaban J connectivity index is 0.00000256. The summed E-state index contributed by atoms with van der Waals surface area (Å²) in [6.45, 7) is 2.55. The highest BCUT2D eigenvalue weighted by molar-refractivity contribution is 5.85. The topological polar surface area (TPSA) is 111 Å². The molecule has 2 aromatic heterocycles. The van der Waals surface area contributed by atoms with Gasteiger partial charge in [0.2, 0.25) is 0 Å². The number of hydrogen-bond donors (Lipinski definition) is 2. The van der Waals surface area contributed by atoms with E-state index in [1.54, 1.807) is 20.3 Å². The quantitative estimate of drug-likeness (QED) is 0.659. The Hall–Kier alpha value is -3.28. The van der Waals surface area contributed by atoms with Crippen LogP contribution in [-0.2, 0) is 13.1 Å². The second kappa shape index (κ2) is 9.03. The van der Waals surface area contributed by atoms with Crippen LogP contribution in [0.4, 0.5) is 5.82 Å². The molecule has 9 heteroatoms. The van der Waals surface area contributed by atoms with E-state index in [1.165, 1.54) is 0 Å². The highest BCUT2D eigenvalue weighted by Crippen LogP contribution is 2.36. The lowest BCUT2D eigenvalue weighted by atomic mass is 10.0. The van der Waals surface area contributed by atoms with Gasteiger partial charge in [0.1, 0.15) is 28.9 Å². The van der Waals surface area contributed by atoms with Crippen molar-refractivity contribution in [3.63, 3.8) is 0 Å². The average molecular weight is 427 g/mol. The van der Waals surface area contributed by atoms with E-state index in [-0.39, 0.29) is 18.2 Å². The van der Waals surface area contributed by atoms with E-state index >= 15 is 0 Å². The number of rotatable bonds is 4. The number of halogens is 1. The lowest BCUT2D eigenvalue weighted by molar-refractivity contribution is 0.395. The zero-order valence-electron chi connectivity index (χ0n) is 16.8. The molecule has 0 saturated heterocycles. The smallest absolute Gasteiger partial charge is 0.142 e. The molecule has 0 radical (unpaired) electrons. The van der Waals surface area contributed by atoms with Gasteiger partial charge in [0, 0.05) is 30.3 Å². The van der Waals surface area contributed by atoms with E-state index in [2.05, 4.69) is 16.4 Å². The molecule has 3 N–H and O–H groups in total. The lowest BCUT2D eigenvalue weighted by Crippen LogP contribution is -2.11. The van der Waals surface area contributed by atoms with Crippen LogP contribution in [-0.4, -0.2) is 35.5 Å². The molecule has 0 spiro atoms. The molecule has 0 aliphatic carbocycles. The van der Waals surface area contributed by atoms with Gasteiger partial charge in [0.05, 0.1) is 31.3 Å². The van der Waals surface area contributed by atoms with Gasteiger partial charge < -0.3 is 20.5 Å². The number of nitrogen functional groups attached to an aromatic ring is 1. The number of nitrogens with one attached hydrogen (secondary N) is 1. The van der Waals surface area contributed by atoms with Crippen LogP contribution >= 0.6 is 12.4 Å². The molecule has 0 fully saturated rings. The summed E-state index contributed by atoms with van der Waals surface area (Å²) in [5.74, 6) is 1.45. The van der Waals surface area contributed by atoms with Crippen molar-refractivity contribution in [1.82, 2.24) is 20.1 Å². The van der Waals surface area contributed by atoms with E-state index < -0.39 is 0 Å². The fourth-order valence-corrected chi connectivity index (χ4v) is 3.53. The SMILES string of the molecule is COc1ccc(-c2cc(-c3cc4n(n3)CCCNC4)c(C#N)c(N)n2)c(OC)c1.Cl.